The summed E-state index contributed by atoms with van der Waals surface area (Å²) in [4.78, 5) is 25.6. The quantitative estimate of drug-likeness (QED) is 0.587. The molecule has 0 saturated heterocycles. The number of benzene rings is 1. The van der Waals surface area contributed by atoms with E-state index in [4.69, 9.17) is 0 Å². The number of ether oxygens (including phenoxy) is 1. The summed E-state index contributed by atoms with van der Waals surface area (Å²) in [5, 5.41) is 0. The largest absolute Gasteiger partial charge is 0.468 e. The monoisotopic (exact) mass is 345 g/mol. The Kier molecular flexibility index (Phi) is 6.94. The first-order chi connectivity index (χ1) is 9.06. The van der Waals surface area contributed by atoms with Crippen molar-refractivity contribution in [2.45, 2.75) is 11.8 Å². The molecule has 1 aromatic rings. The molecule has 0 fully saturated rings. The van der Waals surface area contributed by atoms with Gasteiger partial charge in [0.05, 0.1) is 12.9 Å². The Morgan fingerprint density at radius 2 is 1.95 bits per heavy atom. The molecular formula is C13H16BrNO3S. The minimum atomic E-state index is -0.399. The van der Waals surface area contributed by atoms with Gasteiger partial charge in [0.1, 0.15) is 6.54 Å². The first-order valence-electron chi connectivity index (χ1n) is 5.79. The summed E-state index contributed by atoms with van der Waals surface area (Å²) in [5.41, 5.74) is 0. The van der Waals surface area contributed by atoms with Crippen molar-refractivity contribution >= 4 is 39.6 Å². The lowest BCUT2D eigenvalue weighted by Crippen LogP contribution is -2.37. The molecule has 0 bridgehead atoms. The maximum atomic E-state index is 12.0. The molecule has 1 rings (SSSR count). The van der Waals surface area contributed by atoms with Crippen molar-refractivity contribution in [2.75, 3.05) is 26.0 Å². The van der Waals surface area contributed by atoms with Crippen LogP contribution in [-0.4, -0.2) is 42.7 Å². The second kappa shape index (κ2) is 8.22. The molecule has 104 valence electrons. The molecule has 0 radical (unpaired) electrons. The van der Waals surface area contributed by atoms with Gasteiger partial charge < -0.3 is 9.64 Å². The zero-order valence-corrected chi connectivity index (χ0v) is 13.3. The van der Waals surface area contributed by atoms with E-state index in [1.54, 1.807) is 0 Å². The number of hydrogen-bond donors (Lipinski definition) is 0. The van der Waals surface area contributed by atoms with Gasteiger partial charge in [-0.1, -0.05) is 15.9 Å². The van der Waals surface area contributed by atoms with Crippen LogP contribution < -0.4 is 0 Å². The van der Waals surface area contributed by atoms with Crippen LogP contribution in [-0.2, 0) is 14.3 Å². The fourth-order valence-electron chi connectivity index (χ4n) is 1.36. The predicted molar refractivity (Wildman–Crippen MR) is 79.1 cm³/mol. The summed E-state index contributed by atoms with van der Waals surface area (Å²) >= 11 is 4.81. The Morgan fingerprint density at radius 3 is 2.47 bits per heavy atom. The number of esters is 1. The Hall–Kier alpha value is -1.01. The Bertz CT molecular complexity index is 436. The molecule has 0 N–H and O–H groups in total. The average molecular weight is 346 g/mol. The summed E-state index contributed by atoms with van der Waals surface area (Å²) in [7, 11) is 1.32. The number of thioether (sulfide) groups is 1. The fraction of sp³-hybridized carbons (Fsp3) is 0.385. The zero-order valence-electron chi connectivity index (χ0n) is 10.9. The van der Waals surface area contributed by atoms with E-state index in [0.29, 0.717) is 12.3 Å². The number of rotatable bonds is 6. The maximum Gasteiger partial charge on any atom is 0.325 e. The van der Waals surface area contributed by atoms with Crippen molar-refractivity contribution in [2.24, 2.45) is 0 Å². The standard InChI is InChI=1S/C13H16BrNO3S/c1-3-15(8-13(17)18-2)12(16)9-19-11-6-4-10(14)5-7-11/h4-7H,3,8-9H2,1-2H3. The van der Waals surface area contributed by atoms with Gasteiger partial charge in [0.25, 0.3) is 0 Å². The third kappa shape index (κ3) is 5.65. The summed E-state index contributed by atoms with van der Waals surface area (Å²) < 4.78 is 5.57. The van der Waals surface area contributed by atoms with Crippen LogP contribution in [0.1, 0.15) is 6.92 Å². The molecule has 1 amide bonds. The molecule has 19 heavy (non-hydrogen) atoms. The first-order valence-corrected chi connectivity index (χ1v) is 7.57. The van der Waals surface area contributed by atoms with E-state index >= 15 is 0 Å². The molecule has 0 aliphatic heterocycles. The van der Waals surface area contributed by atoms with Crippen molar-refractivity contribution in [1.82, 2.24) is 4.90 Å². The van der Waals surface area contributed by atoms with Crippen molar-refractivity contribution in [3.05, 3.63) is 28.7 Å². The van der Waals surface area contributed by atoms with Gasteiger partial charge in [-0.05, 0) is 31.2 Å². The number of amides is 1. The molecular weight excluding hydrogens is 330 g/mol. The van der Waals surface area contributed by atoms with Crippen molar-refractivity contribution in [3.63, 3.8) is 0 Å². The normalized spacial score (nSPS) is 10.1. The highest BCUT2D eigenvalue weighted by Gasteiger charge is 2.15. The van der Waals surface area contributed by atoms with Crippen LogP contribution in [0.3, 0.4) is 0 Å². The van der Waals surface area contributed by atoms with Crippen LogP contribution in [0.15, 0.2) is 33.6 Å². The molecule has 0 saturated carbocycles. The number of nitrogens with zero attached hydrogens (tertiary/aromatic N) is 1. The number of likely N-dealkylation sites (N-methyl/N-ethyl adjacent to an activating group) is 1. The van der Waals surface area contributed by atoms with Gasteiger partial charge in [-0.25, -0.2) is 0 Å². The molecule has 0 spiro atoms. The number of methoxy groups -OCH3 is 1. The first kappa shape index (κ1) is 16.0. The van der Waals surface area contributed by atoms with E-state index in [1.165, 1.54) is 23.8 Å². The van der Waals surface area contributed by atoms with Gasteiger partial charge in [0, 0.05) is 15.9 Å². The molecule has 0 atom stereocenters. The summed E-state index contributed by atoms with van der Waals surface area (Å²) in [6, 6.07) is 7.74. The van der Waals surface area contributed by atoms with Gasteiger partial charge in [-0.15, -0.1) is 11.8 Å². The van der Waals surface area contributed by atoms with E-state index in [1.807, 2.05) is 31.2 Å². The summed E-state index contributed by atoms with van der Waals surface area (Å²) in [6.07, 6.45) is 0. The lowest BCUT2D eigenvalue weighted by Gasteiger charge is -2.19. The molecule has 0 aromatic heterocycles. The summed E-state index contributed by atoms with van der Waals surface area (Å²) in [6.45, 7) is 2.34. The van der Waals surface area contributed by atoms with Crippen molar-refractivity contribution in [1.29, 1.82) is 0 Å². The van der Waals surface area contributed by atoms with Crippen LogP contribution in [0.2, 0.25) is 0 Å². The number of carbonyl (C=O) groups excluding carboxylic acids is 2. The minimum Gasteiger partial charge on any atom is -0.468 e. The van der Waals surface area contributed by atoms with Crippen molar-refractivity contribution in [3.8, 4) is 0 Å². The van der Waals surface area contributed by atoms with E-state index in [-0.39, 0.29) is 12.5 Å². The highest BCUT2D eigenvalue weighted by atomic mass is 79.9. The molecule has 0 aliphatic carbocycles. The molecule has 0 aliphatic rings. The predicted octanol–water partition coefficient (Wildman–Crippen LogP) is 2.56. The van der Waals surface area contributed by atoms with E-state index < -0.39 is 5.97 Å². The second-order valence-electron chi connectivity index (χ2n) is 3.73. The average Bonchev–Trinajstić information content (AvgIpc) is 2.43. The highest BCUT2D eigenvalue weighted by molar-refractivity contribution is 9.10. The minimum absolute atomic E-state index is 0.00668. The topological polar surface area (TPSA) is 46.6 Å². The summed E-state index contributed by atoms with van der Waals surface area (Å²) in [5.74, 6) is -0.156. The van der Waals surface area contributed by atoms with Crippen molar-refractivity contribution < 1.29 is 14.3 Å². The molecule has 4 nitrogen and oxygen atoms in total. The lowest BCUT2D eigenvalue weighted by molar-refractivity contribution is -0.146. The van der Waals surface area contributed by atoms with E-state index in [0.717, 1.165) is 9.37 Å². The zero-order chi connectivity index (χ0) is 14.3. The number of carbonyl (C=O) groups is 2. The lowest BCUT2D eigenvalue weighted by atomic mass is 10.4. The fourth-order valence-corrected chi connectivity index (χ4v) is 2.43. The van der Waals surface area contributed by atoms with Gasteiger partial charge in [-0.2, -0.15) is 0 Å². The van der Waals surface area contributed by atoms with E-state index in [2.05, 4.69) is 20.7 Å². The van der Waals surface area contributed by atoms with Crippen LogP contribution >= 0.6 is 27.7 Å². The third-order valence-corrected chi connectivity index (χ3v) is 3.98. The van der Waals surface area contributed by atoms with Crippen LogP contribution in [0.4, 0.5) is 0 Å². The van der Waals surface area contributed by atoms with Crippen LogP contribution in [0.25, 0.3) is 0 Å². The van der Waals surface area contributed by atoms with Gasteiger partial charge in [0.2, 0.25) is 5.91 Å². The molecule has 0 unspecified atom stereocenters. The molecule has 1 aromatic carbocycles. The van der Waals surface area contributed by atoms with Gasteiger partial charge in [0.15, 0.2) is 0 Å². The second-order valence-corrected chi connectivity index (χ2v) is 5.69. The smallest absolute Gasteiger partial charge is 0.325 e. The maximum absolute atomic E-state index is 12.0. The Balaban J connectivity index is 2.48. The highest BCUT2D eigenvalue weighted by Crippen LogP contribution is 2.20. The third-order valence-electron chi connectivity index (χ3n) is 2.46. The molecule has 6 heteroatoms. The van der Waals surface area contributed by atoms with E-state index in [9.17, 15) is 9.59 Å². The van der Waals surface area contributed by atoms with Gasteiger partial charge in [-0.3, -0.25) is 9.59 Å². The SMILES string of the molecule is CCN(CC(=O)OC)C(=O)CSc1ccc(Br)cc1. The molecule has 0 heterocycles. The Labute approximate surface area is 125 Å². The van der Waals surface area contributed by atoms with Crippen LogP contribution in [0, 0.1) is 0 Å². The Morgan fingerprint density at radius 1 is 1.32 bits per heavy atom. The van der Waals surface area contributed by atoms with Crippen LogP contribution in [0.5, 0.6) is 0 Å². The number of halogens is 1. The van der Waals surface area contributed by atoms with Gasteiger partial charge >= 0.3 is 5.97 Å². The number of hydrogen-bond acceptors (Lipinski definition) is 4.